The smallest absolute Gasteiger partial charge is 0.449 e. The maximum Gasteiger partial charge on any atom is 1.00 e. The molecule has 0 fully saturated rings. The summed E-state index contributed by atoms with van der Waals surface area (Å²) in [5.74, 6) is 0.126. The molecule has 2 nitrogen and oxygen atoms in total. The molecular formula is C11H13BF3KN2. The number of aromatic nitrogens is 2. The number of imidazole rings is 1. The van der Waals surface area contributed by atoms with Crippen molar-refractivity contribution >= 4 is 18.0 Å². The van der Waals surface area contributed by atoms with Crippen LogP contribution in [0.25, 0.3) is 11.0 Å². The molecule has 0 atom stereocenters. The molecule has 2 aromatic rings. The number of hydrogen-bond donors (Lipinski definition) is 0. The third-order valence-corrected chi connectivity index (χ3v) is 2.59. The van der Waals surface area contributed by atoms with Crippen LogP contribution in [0.3, 0.4) is 0 Å². The summed E-state index contributed by atoms with van der Waals surface area (Å²) in [4.78, 5) is 4.08. The van der Waals surface area contributed by atoms with Crippen molar-refractivity contribution in [3.63, 3.8) is 0 Å². The van der Waals surface area contributed by atoms with E-state index >= 15 is 0 Å². The van der Waals surface area contributed by atoms with Crippen molar-refractivity contribution in [2.24, 2.45) is 0 Å². The molecule has 92 valence electrons. The number of benzene rings is 1. The second-order valence-electron chi connectivity index (χ2n) is 4.08. The van der Waals surface area contributed by atoms with Crippen molar-refractivity contribution < 1.29 is 64.3 Å². The summed E-state index contributed by atoms with van der Waals surface area (Å²) >= 11 is 0. The Labute approximate surface area is 146 Å². The maximum atomic E-state index is 12.5. The van der Waals surface area contributed by atoms with Gasteiger partial charge in [-0.15, -0.1) is 0 Å². The molecule has 0 amide bonds. The number of halogens is 3. The van der Waals surface area contributed by atoms with Gasteiger partial charge in [0.2, 0.25) is 0 Å². The zero-order chi connectivity index (χ0) is 12.5. The first kappa shape index (κ1) is 16.2. The fraction of sp³-hybridized carbons (Fsp3) is 0.364. The molecular weight excluding hydrogens is 267 g/mol. The molecule has 1 aromatic heterocycles. The van der Waals surface area contributed by atoms with Crippen LogP contribution in [-0.2, 0) is 12.9 Å². The first-order valence-electron chi connectivity index (χ1n) is 5.66. The van der Waals surface area contributed by atoms with Crippen LogP contribution in [0.5, 0.6) is 0 Å². The minimum Gasteiger partial charge on any atom is -0.449 e. The molecule has 0 aliphatic carbocycles. The van der Waals surface area contributed by atoms with E-state index in [1.807, 2.05) is 19.1 Å². The molecule has 7 heteroatoms. The number of rotatable bonds is 4. The van der Waals surface area contributed by atoms with Crippen molar-refractivity contribution in [1.29, 1.82) is 0 Å². The van der Waals surface area contributed by atoms with E-state index in [0.29, 0.717) is 12.1 Å². The molecule has 0 saturated heterocycles. The number of aryl methyl sites for hydroxylation is 1. The summed E-state index contributed by atoms with van der Waals surface area (Å²) in [5, 5.41) is 0. The Morgan fingerprint density at radius 3 is 2.50 bits per heavy atom. The summed E-state index contributed by atoms with van der Waals surface area (Å²) in [6.45, 7) is -2.33. The van der Waals surface area contributed by atoms with Gasteiger partial charge >= 0.3 is 58.4 Å². The number of hydrogen-bond acceptors (Lipinski definition) is 1. The molecule has 0 saturated carbocycles. The van der Waals surface area contributed by atoms with E-state index in [9.17, 15) is 12.9 Å². The van der Waals surface area contributed by atoms with Crippen molar-refractivity contribution in [2.45, 2.75) is 26.2 Å². The summed E-state index contributed by atoms with van der Waals surface area (Å²) in [7, 11) is 0. The Bertz CT molecular complexity index is 524. The first-order chi connectivity index (χ1) is 8.01. The van der Waals surface area contributed by atoms with Crippen molar-refractivity contribution in [3.05, 3.63) is 30.1 Å². The monoisotopic (exact) mass is 280 g/mol. The molecule has 1 aromatic carbocycles. The van der Waals surface area contributed by atoms with Crippen LogP contribution >= 0.6 is 0 Å². The molecule has 0 unspecified atom stereocenters. The van der Waals surface area contributed by atoms with E-state index in [1.54, 1.807) is 16.7 Å². The predicted molar refractivity (Wildman–Crippen MR) is 62.8 cm³/mol. The number of nitrogens with zero attached hydrogens (tertiary/aromatic N) is 2. The fourth-order valence-corrected chi connectivity index (χ4v) is 1.96. The standard InChI is InChI=1S/C11H13BF3N2.K/c1-2-7-17-10-6-4-3-5-9(10)16-11(17)8-12(13,14)15;/h3-6H,2,7-8H2,1H3;/q-1;+1. The molecule has 0 aliphatic rings. The molecule has 0 N–H and O–H groups in total. The average Bonchev–Trinajstić information content (AvgIpc) is 2.55. The van der Waals surface area contributed by atoms with Crippen molar-refractivity contribution in [2.75, 3.05) is 0 Å². The number of para-hydroxylation sites is 2. The average molecular weight is 280 g/mol. The van der Waals surface area contributed by atoms with Crippen LogP contribution in [-0.4, -0.2) is 16.5 Å². The number of fused-ring (bicyclic) bond motifs is 1. The Balaban J connectivity index is 0.00000162. The van der Waals surface area contributed by atoms with Crippen LogP contribution in [0.15, 0.2) is 24.3 Å². The second-order valence-corrected chi connectivity index (χ2v) is 4.08. The van der Waals surface area contributed by atoms with Gasteiger partial charge in [0, 0.05) is 6.54 Å². The minimum atomic E-state index is -4.84. The largest absolute Gasteiger partial charge is 1.00 e. The van der Waals surface area contributed by atoms with Gasteiger partial charge in [0.15, 0.2) is 0 Å². The van der Waals surface area contributed by atoms with Gasteiger partial charge in [-0.3, -0.25) is 0 Å². The zero-order valence-corrected chi connectivity index (χ0v) is 13.7. The van der Waals surface area contributed by atoms with Gasteiger partial charge in [0.25, 0.3) is 0 Å². The van der Waals surface area contributed by atoms with E-state index in [-0.39, 0.29) is 57.2 Å². The molecule has 0 spiro atoms. The summed E-state index contributed by atoms with van der Waals surface area (Å²) in [5.41, 5.74) is 1.42. The molecule has 18 heavy (non-hydrogen) atoms. The predicted octanol–water partition coefficient (Wildman–Crippen LogP) is 0.379. The van der Waals surface area contributed by atoms with Gasteiger partial charge in [0.05, 0.1) is 16.9 Å². The van der Waals surface area contributed by atoms with Gasteiger partial charge in [-0.1, -0.05) is 19.1 Å². The van der Waals surface area contributed by atoms with Crippen LogP contribution in [0, 0.1) is 0 Å². The van der Waals surface area contributed by atoms with Gasteiger partial charge in [-0.25, -0.2) is 4.98 Å². The summed E-state index contributed by atoms with van der Waals surface area (Å²) < 4.78 is 39.2. The molecule has 0 bridgehead atoms. The fourth-order valence-electron chi connectivity index (χ4n) is 1.96. The SMILES string of the molecule is CCCn1c(C[B-](F)(F)F)nc2ccccc21.[K+]. The Morgan fingerprint density at radius 1 is 1.22 bits per heavy atom. The third kappa shape index (κ3) is 3.84. The van der Waals surface area contributed by atoms with E-state index < -0.39 is 13.3 Å². The topological polar surface area (TPSA) is 17.8 Å². The van der Waals surface area contributed by atoms with E-state index in [0.717, 1.165) is 11.9 Å². The quantitative estimate of drug-likeness (QED) is 0.740. The van der Waals surface area contributed by atoms with Crippen molar-refractivity contribution in [3.8, 4) is 0 Å². The van der Waals surface area contributed by atoms with Gasteiger partial charge in [-0.05, 0) is 24.9 Å². The summed E-state index contributed by atoms with van der Waals surface area (Å²) in [6.07, 6.45) is -0.118. The second kappa shape index (κ2) is 6.56. The van der Waals surface area contributed by atoms with Gasteiger partial charge in [0.1, 0.15) is 0 Å². The van der Waals surface area contributed by atoms with E-state index in [1.165, 1.54) is 0 Å². The summed E-state index contributed by atoms with van der Waals surface area (Å²) in [6, 6.07) is 7.16. The van der Waals surface area contributed by atoms with Crippen LogP contribution in [0.2, 0.25) is 0 Å². The normalized spacial score (nSPS) is 11.6. The molecule has 0 radical (unpaired) electrons. The molecule has 0 aliphatic heterocycles. The Kier molecular flexibility index (Phi) is 5.92. The Hall–Kier alpha value is 0.181. The van der Waals surface area contributed by atoms with Crippen LogP contribution in [0.4, 0.5) is 12.9 Å². The zero-order valence-electron chi connectivity index (χ0n) is 10.5. The van der Waals surface area contributed by atoms with Crippen LogP contribution < -0.4 is 51.4 Å². The van der Waals surface area contributed by atoms with E-state index in [2.05, 4.69) is 4.98 Å². The molecule has 2 rings (SSSR count). The van der Waals surface area contributed by atoms with Crippen LogP contribution in [0.1, 0.15) is 19.2 Å². The van der Waals surface area contributed by atoms with E-state index in [4.69, 9.17) is 0 Å². The van der Waals surface area contributed by atoms with Gasteiger partial charge < -0.3 is 17.5 Å². The molecule has 1 heterocycles. The van der Waals surface area contributed by atoms with Crippen molar-refractivity contribution in [1.82, 2.24) is 9.55 Å². The Morgan fingerprint density at radius 2 is 1.89 bits per heavy atom. The van der Waals surface area contributed by atoms with Gasteiger partial charge in [-0.2, -0.15) is 0 Å². The third-order valence-electron chi connectivity index (χ3n) is 2.59. The maximum absolute atomic E-state index is 12.5. The minimum absolute atomic E-state index is 0. The first-order valence-corrected chi connectivity index (χ1v) is 5.66.